The standard InChI is InChI=1S/C21H13N/c1-3-7-19-17(5-1)15-18-6-2-4-8-20(18)21(19)10-9-16-11-13-22-14-12-16/h1-8,11-15H. The van der Waals surface area contributed by atoms with E-state index in [-0.39, 0.29) is 0 Å². The third-order valence-corrected chi connectivity index (χ3v) is 3.78. The van der Waals surface area contributed by atoms with E-state index in [1.54, 1.807) is 12.4 Å². The summed E-state index contributed by atoms with van der Waals surface area (Å²) in [4.78, 5) is 4.03. The zero-order valence-electron chi connectivity index (χ0n) is 12.0. The molecule has 0 N–H and O–H groups in total. The van der Waals surface area contributed by atoms with E-state index in [0.717, 1.165) is 11.1 Å². The molecule has 22 heavy (non-hydrogen) atoms. The first-order valence-electron chi connectivity index (χ1n) is 7.24. The van der Waals surface area contributed by atoms with Crippen molar-refractivity contribution in [3.05, 3.63) is 90.3 Å². The van der Waals surface area contributed by atoms with Crippen molar-refractivity contribution in [3.8, 4) is 11.8 Å². The van der Waals surface area contributed by atoms with Gasteiger partial charge in [0.25, 0.3) is 0 Å². The maximum absolute atomic E-state index is 4.03. The smallest absolute Gasteiger partial charge is 0.0405 e. The van der Waals surface area contributed by atoms with Crippen LogP contribution in [0, 0.1) is 11.8 Å². The zero-order chi connectivity index (χ0) is 14.8. The molecule has 3 aromatic carbocycles. The molecular weight excluding hydrogens is 266 g/mol. The Morgan fingerprint density at radius 2 is 1.23 bits per heavy atom. The Kier molecular flexibility index (Phi) is 3.07. The van der Waals surface area contributed by atoms with Gasteiger partial charge in [-0.25, -0.2) is 0 Å². The zero-order valence-corrected chi connectivity index (χ0v) is 12.0. The van der Waals surface area contributed by atoms with Crippen molar-refractivity contribution in [1.82, 2.24) is 4.98 Å². The molecule has 102 valence electrons. The Balaban J connectivity index is 2.03. The number of nitrogens with zero attached hydrogens (tertiary/aromatic N) is 1. The first-order chi connectivity index (χ1) is 10.9. The van der Waals surface area contributed by atoms with E-state index in [1.807, 2.05) is 12.1 Å². The van der Waals surface area contributed by atoms with Crippen LogP contribution in [-0.4, -0.2) is 4.98 Å². The Bertz CT molecular complexity index is 967. The van der Waals surface area contributed by atoms with Gasteiger partial charge in [0, 0.05) is 23.5 Å². The largest absolute Gasteiger partial charge is 0.265 e. The van der Waals surface area contributed by atoms with Crippen LogP contribution < -0.4 is 0 Å². The molecule has 0 amide bonds. The monoisotopic (exact) mass is 279 g/mol. The number of fused-ring (bicyclic) bond motifs is 2. The highest BCUT2D eigenvalue weighted by Crippen LogP contribution is 2.27. The highest BCUT2D eigenvalue weighted by Gasteiger charge is 2.04. The topological polar surface area (TPSA) is 12.9 Å². The summed E-state index contributed by atoms with van der Waals surface area (Å²) in [5, 5.41) is 4.84. The summed E-state index contributed by atoms with van der Waals surface area (Å²) in [6.45, 7) is 0. The SMILES string of the molecule is C(#Cc1c2ccccc2cc2ccccc12)c1ccncc1. The van der Waals surface area contributed by atoms with Crippen LogP contribution in [0.2, 0.25) is 0 Å². The lowest BCUT2D eigenvalue weighted by atomic mass is 9.97. The quantitative estimate of drug-likeness (QED) is 0.333. The summed E-state index contributed by atoms with van der Waals surface area (Å²) in [5.74, 6) is 6.62. The molecule has 0 bridgehead atoms. The molecule has 0 atom stereocenters. The average molecular weight is 279 g/mol. The van der Waals surface area contributed by atoms with Crippen LogP contribution in [0.25, 0.3) is 21.5 Å². The Hall–Kier alpha value is -3.11. The minimum atomic E-state index is 0.979. The third-order valence-electron chi connectivity index (χ3n) is 3.78. The van der Waals surface area contributed by atoms with Gasteiger partial charge in [-0.2, -0.15) is 0 Å². The Labute approximate surface area is 129 Å². The number of hydrogen-bond acceptors (Lipinski definition) is 1. The number of hydrogen-bond donors (Lipinski definition) is 0. The van der Waals surface area contributed by atoms with Crippen molar-refractivity contribution in [1.29, 1.82) is 0 Å². The van der Waals surface area contributed by atoms with Gasteiger partial charge in [0.15, 0.2) is 0 Å². The molecule has 0 saturated heterocycles. The molecule has 0 aliphatic heterocycles. The lowest BCUT2D eigenvalue weighted by Crippen LogP contribution is -1.84. The van der Waals surface area contributed by atoms with E-state index in [9.17, 15) is 0 Å². The predicted octanol–water partition coefficient (Wildman–Crippen LogP) is 4.79. The highest BCUT2D eigenvalue weighted by atomic mass is 14.6. The fourth-order valence-corrected chi connectivity index (χ4v) is 2.72. The number of pyridine rings is 1. The van der Waals surface area contributed by atoms with Crippen LogP contribution >= 0.6 is 0 Å². The van der Waals surface area contributed by atoms with Crippen LogP contribution in [0.4, 0.5) is 0 Å². The first-order valence-corrected chi connectivity index (χ1v) is 7.24. The summed E-state index contributed by atoms with van der Waals surface area (Å²) >= 11 is 0. The lowest BCUT2D eigenvalue weighted by molar-refractivity contribution is 1.32. The van der Waals surface area contributed by atoms with Gasteiger partial charge in [-0.15, -0.1) is 0 Å². The molecular formula is C21H13N. The fourth-order valence-electron chi connectivity index (χ4n) is 2.72. The van der Waals surface area contributed by atoms with E-state index in [0.29, 0.717) is 0 Å². The van der Waals surface area contributed by atoms with Gasteiger partial charge in [-0.3, -0.25) is 4.98 Å². The van der Waals surface area contributed by atoms with E-state index in [1.165, 1.54) is 21.5 Å². The van der Waals surface area contributed by atoms with Gasteiger partial charge in [-0.1, -0.05) is 60.4 Å². The molecule has 0 unspecified atom stereocenters. The van der Waals surface area contributed by atoms with Gasteiger partial charge in [0.1, 0.15) is 0 Å². The fraction of sp³-hybridized carbons (Fsp3) is 0. The predicted molar refractivity (Wildman–Crippen MR) is 91.7 cm³/mol. The van der Waals surface area contributed by atoms with Crippen molar-refractivity contribution in [2.75, 3.05) is 0 Å². The molecule has 1 nitrogen and oxygen atoms in total. The molecule has 0 radical (unpaired) electrons. The van der Waals surface area contributed by atoms with Gasteiger partial charge in [0.05, 0.1) is 0 Å². The molecule has 0 fully saturated rings. The maximum Gasteiger partial charge on any atom is 0.0405 e. The molecule has 1 heteroatoms. The second kappa shape index (κ2) is 5.35. The third kappa shape index (κ3) is 2.21. The van der Waals surface area contributed by atoms with Gasteiger partial charge >= 0.3 is 0 Å². The number of rotatable bonds is 0. The molecule has 4 aromatic rings. The first kappa shape index (κ1) is 12.6. The Morgan fingerprint density at radius 3 is 1.86 bits per heavy atom. The molecule has 0 saturated carbocycles. The molecule has 1 aromatic heterocycles. The van der Waals surface area contributed by atoms with Crippen molar-refractivity contribution >= 4 is 21.5 Å². The van der Waals surface area contributed by atoms with Crippen LogP contribution in [0.3, 0.4) is 0 Å². The van der Waals surface area contributed by atoms with Crippen LogP contribution in [-0.2, 0) is 0 Å². The minimum Gasteiger partial charge on any atom is -0.265 e. The molecule has 4 rings (SSSR count). The van der Waals surface area contributed by atoms with Crippen LogP contribution in [0.15, 0.2) is 79.1 Å². The number of benzene rings is 3. The van der Waals surface area contributed by atoms with Crippen molar-refractivity contribution in [2.24, 2.45) is 0 Å². The molecule has 0 aliphatic rings. The van der Waals surface area contributed by atoms with E-state index >= 15 is 0 Å². The summed E-state index contributed by atoms with van der Waals surface area (Å²) in [6.07, 6.45) is 3.54. The van der Waals surface area contributed by atoms with E-state index in [2.05, 4.69) is 71.4 Å². The van der Waals surface area contributed by atoms with Crippen molar-refractivity contribution < 1.29 is 0 Å². The summed E-state index contributed by atoms with van der Waals surface area (Å²) in [7, 11) is 0. The summed E-state index contributed by atoms with van der Waals surface area (Å²) in [6, 6.07) is 22.9. The van der Waals surface area contributed by atoms with Crippen molar-refractivity contribution in [2.45, 2.75) is 0 Å². The number of aromatic nitrogens is 1. The minimum absolute atomic E-state index is 0.979. The molecule has 0 spiro atoms. The summed E-state index contributed by atoms with van der Waals surface area (Å²) < 4.78 is 0. The summed E-state index contributed by atoms with van der Waals surface area (Å²) in [5.41, 5.74) is 2.07. The van der Waals surface area contributed by atoms with Gasteiger partial charge in [0.2, 0.25) is 0 Å². The van der Waals surface area contributed by atoms with Gasteiger partial charge < -0.3 is 0 Å². The normalized spacial score (nSPS) is 10.4. The Morgan fingerprint density at radius 1 is 0.636 bits per heavy atom. The second-order valence-electron chi connectivity index (χ2n) is 5.18. The average Bonchev–Trinajstić information content (AvgIpc) is 2.59. The van der Waals surface area contributed by atoms with E-state index < -0.39 is 0 Å². The van der Waals surface area contributed by atoms with E-state index in [4.69, 9.17) is 0 Å². The van der Waals surface area contributed by atoms with Crippen LogP contribution in [0.1, 0.15) is 11.1 Å². The maximum atomic E-state index is 4.03. The van der Waals surface area contributed by atoms with Crippen LogP contribution in [0.5, 0.6) is 0 Å². The highest BCUT2D eigenvalue weighted by molar-refractivity contribution is 6.04. The second-order valence-corrected chi connectivity index (χ2v) is 5.18. The van der Waals surface area contributed by atoms with Crippen molar-refractivity contribution in [3.63, 3.8) is 0 Å². The van der Waals surface area contributed by atoms with Gasteiger partial charge in [-0.05, 0) is 39.7 Å². The lowest BCUT2D eigenvalue weighted by Gasteiger charge is -2.06. The molecule has 0 aliphatic carbocycles. The molecule has 1 heterocycles.